The summed E-state index contributed by atoms with van der Waals surface area (Å²) >= 11 is 6.00. The second-order valence-corrected chi connectivity index (χ2v) is 7.62. The molecule has 0 radical (unpaired) electrons. The molecule has 0 fully saturated rings. The zero-order valence-corrected chi connectivity index (χ0v) is 18.0. The van der Waals surface area contributed by atoms with E-state index in [0.717, 1.165) is 6.42 Å². The van der Waals surface area contributed by atoms with Gasteiger partial charge in [-0.1, -0.05) is 37.3 Å². The van der Waals surface area contributed by atoms with E-state index in [0.29, 0.717) is 27.4 Å². The Hall–Kier alpha value is -2.67. The number of alkyl halides is 1. The number of hydrogen-bond donors (Lipinski definition) is 4. The number of nitrogens with zero attached hydrogens (tertiary/aromatic N) is 2. The third-order valence-corrected chi connectivity index (χ3v) is 5.22. The summed E-state index contributed by atoms with van der Waals surface area (Å²) < 4.78 is 15.0. The van der Waals surface area contributed by atoms with Gasteiger partial charge in [-0.2, -0.15) is 0 Å². The van der Waals surface area contributed by atoms with Crippen LogP contribution in [-0.2, 0) is 0 Å². The van der Waals surface area contributed by atoms with E-state index >= 15 is 4.39 Å². The van der Waals surface area contributed by atoms with Gasteiger partial charge in [0.1, 0.15) is 23.9 Å². The van der Waals surface area contributed by atoms with E-state index in [1.54, 1.807) is 37.9 Å². The second kappa shape index (κ2) is 8.78. The summed E-state index contributed by atoms with van der Waals surface area (Å²) in [4.78, 5) is 0. The lowest BCUT2D eigenvalue weighted by Crippen LogP contribution is -2.53. The molecular weight excluding hydrogens is 391 g/mol. The highest BCUT2D eigenvalue weighted by atomic mass is 35.5. The fraction of sp³-hybridized carbons (Fsp3) is 0.381. The first-order valence-electron chi connectivity index (χ1n) is 9.37. The number of halogens is 2. The molecule has 0 spiro atoms. The zero-order valence-electron chi connectivity index (χ0n) is 17.2. The van der Waals surface area contributed by atoms with Gasteiger partial charge in [-0.25, -0.2) is 9.40 Å². The Kier molecular flexibility index (Phi) is 6.85. The minimum Gasteiger partial charge on any atom is -0.397 e. The minimum absolute atomic E-state index is 0.0320. The van der Waals surface area contributed by atoms with E-state index in [9.17, 15) is 0 Å². The maximum Gasteiger partial charge on any atom is 0.148 e. The molecule has 0 saturated carbocycles. The first-order chi connectivity index (χ1) is 13.5. The van der Waals surface area contributed by atoms with E-state index in [4.69, 9.17) is 33.6 Å². The molecule has 0 aromatic carbocycles. The molecule has 1 aliphatic heterocycles. The van der Waals surface area contributed by atoms with Gasteiger partial charge in [-0.15, -0.1) is 0 Å². The van der Waals surface area contributed by atoms with Crippen molar-refractivity contribution in [3.8, 4) is 0 Å². The summed E-state index contributed by atoms with van der Waals surface area (Å²) in [6, 6.07) is -0.786. The van der Waals surface area contributed by atoms with E-state index in [1.165, 1.54) is 5.01 Å². The van der Waals surface area contributed by atoms with Crippen LogP contribution in [0.5, 0.6) is 0 Å². The topological polar surface area (TPSA) is 104 Å². The highest BCUT2D eigenvalue weighted by Crippen LogP contribution is 2.40. The fourth-order valence-electron chi connectivity index (χ4n) is 3.57. The van der Waals surface area contributed by atoms with Crippen molar-refractivity contribution in [1.29, 1.82) is 16.2 Å². The number of nitrogens with one attached hydrogen (secondary N) is 3. The molecular formula is C21H28ClFN6. The number of hydrogen-bond acceptors (Lipinski definition) is 5. The van der Waals surface area contributed by atoms with Gasteiger partial charge in [-0.3, -0.25) is 15.8 Å². The van der Waals surface area contributed by atoms with Crippen LogP contribution in [0.4, 0.5) is 4.39 Å². The average molecular weight is 419 g/mol. The maximum atomic E-state index is 15.0. The van der Waals surface area contributed by atoms with Crippen molar-refractivity contribution in [2.45, 2.75) is 52.8 Å². The largest absolute Gasteiger partial charge is 0.397 e. The van der Waals surface area contributed by atoms with Gasteiger partial charge in [0.15, 0.2) is 0 Å². The molecule has 0 amide bonds. The van der Waals surface area contributed by atoms with Crippen molar-refractivity contribution >= 4 is 29.0 Å². The number of hydrazine groups is 1. The molecule has 0 aromatic heterocycles. The molecule has 8 heteroatoms. The normalized spacial score (nSPS) is 22.5. The van der Waals surface area contributed by atoms with Crippen LogP contribution in [0.1, 0.15) is 40.5 Å². The number of nitrogens with two attached hydrogens (primary N) is 1. The van der Waals surface area contributed by atoms with Crippen LogP contribution in [0.15, 0.2) is 58.0 Å². The SMILES string of the molecule is C=C1C(N)=C(C(C)=N)C(C2=CC=C(Cl)CC2F)N1N(C(C)=N)C(=N)/C(C)=C\CC. The summed E-state index contributed by atoms with van der Waals surface area (Å²) in [5.41, 5.74) is 8.50. The van der Waals surface area contributed by atoms with Crippen molar-refractivity contribution in [1.82, 2.24) is 10.0 Å². The monoisotopic (exact) mass is 418 g/mol. The fourth-order valence-corrected chi connectivity index (χ4v) is 3.77. The molecule has 0 aromatic rings. The molecule has 29 heavy (non-hydrogen) atoms. The predicted octanol–water partition coefficient (Wildman–Crippen LogP) is 4.78. The second-order valence-electron chi connectivity index (χ2n) is 7.14. The van der Waals surface area contributed by atoms with Gasteiger partial charge in [0.2, 0.25) is 0 Å². The lowest BCUT2D eigenvalue weighted by atomic mass is 9.89. The molecule has 156 valence electrons. The van der Waals surface area contributed by atoms with E-state index in [-0.39, 0.29) is 29.5 Å². The standard InChI is InChI=1S/C21H28ClFN6/c1-6-7-11(2)21(27)29(14(5)25)28-13(4)19(26)18(12(3)24)20(28)16-9-8-15(22)10-17(16)23/h7-9,17,20,24-25,27H,4,6,10,26H2,1-3,5H3/b11-7-,24-12?,25-14?,27-21?. The Morgan fingerprint density at radius 1 is 1.34 bits per heavy atom. The minimum atomic E-state index is -1.37. The Bertz CT molecular complexity index is 895. The van der Waals surface area contributed by atoms with Gasteiger partial charge in [-0.05, 0) is 44.4 Å². The van der Waals surface area contributed by atoms with Gasteiger partial charge in [0, 0.05) is 22.7 Å². The average Bonchev–Trinajstić information content (AvgIpc) is 2.87. The van der Waals surface area contributed by atoms with Crippen molar-refractivity contribution in [2.75, 3.05) is 0 Å². The van der Waals surface area contributed by atoms with Crippen LogP contribution >= 0.6 is 11.6 Å². The van der Waals surface area contributed by atoms with E-state index < -0.39 is 12.2 Å². The van der Waals surface area contributed by atoms with Crippen LogP contribution in [0.25, 0.3) is 0 Å². The molecule has 0 saturated heterocycles. The third kappa shape index (κ3) is 4.19. The van der Waals surface area contributed by atoms with Gasteiger partial charge in [0.25, 0.3) is 0 Å². The molecule has 2 rings (SSSR count). The van der Waals surface area contributed by atoms with Crippen LogP contribution < -0.4 is 5.73 Å². The molecule has 2 atom stereocenters. The lowest BCUT2D eigenvalue weighted by molar-refractivity contribution is 0.144. The first-order valence-corrected chi connectivity index (χ1v) is 9.75. The predicted molar refractivity (Wildman–Crippen MR) is 118 cm³/mol. The third-order valence-electron chi connectivity index (χ3n) is 4.94. The molecule has 2 aliphatic rings. The Morgan fingerprint density at radius 2 is 1.97 bits per heavy atom. The summed E-state index contributed by atoms with van der Waals surface area (Å²) in [6.45, 7) is 10.9. The summed E-state index contributed by atoms with van der Waals surface area (Å²) in [5.74, 6) is 0.129. The first kappa shape index (κ1) is 22.6. The van der Waals surface area contributed by atoms with Gasteiger partial charge < -0.3 is 11.1 Å². The van der Waals surface area contributed by atoms with Crippen molar-refractivity contribution < 1.29 is 4.39 Å². The van der Waals surface area contributed by atoms with Crippen LogP contribution in [-0.4, -0.2) is 39.6 Å². The molecule has 1 heterocycles. The van der Waals surface area contributed by atoms with Crippen molar-refractivity contribution in [2.24, 2.45) is 5.73 Å². The van der Waals surface area contributed by atoms with Crippen LogP contribution in [0.2, 0.25) is 0 Å². The Morgan fingerprint density at radius 3 is 2.45 bits per heavy atom. The van der Waals surface area contributed by atoms with Gasteiger partial charge in [0.05, 0.1) is 11.4 Å². The molecule has 6 nitrogen and oxygen atoms in total. The van der Waals surface area contributed by atoms with Crippen LogP contribution in [0.3, 0.4) is 0 Å². The Balaban J connectivity index is 2.68. The highest BCUT2D eigenvalue weighted by Gasteiger charge is 2.44. The summed E-state index contributed by atoms with van der Waals surface area (Å²) in [7, 11) is 0. The van der Waals surface area contributed by atoms with Gasteiger partial charge >= 0.3 is 0 Å². The van der Waals surface area contributed by atoms with Crippen molar-refractivity contribution in [3.63, 3.8) is 0 Å². The molecule has 2 unspecified atom stereocenters. The molecule has 0 bridgehead atoms. The highest BCUT2D eigenvalue weighted by molar-refractivity contribution is 6.29. The molecule has 5 N–H and O–H groups in total. The number of amidine groups is 2. The summed E-state index contributed by atoms with van der Waals surface area (Å²) in [6.07, 6.45) is 4.50. The zero-order chi connectivity index (χ0) is 22.0. The maximum absolute atomic E-state index is 15.0. The number of allylic oxidation sites excluding steroid dienone is 4. The van der Waals surface area contributed by atoms with E-state index in [1.807, 2.05) is 13.0 Å². The lowest BCUT2D eigenvalue weighted by Gasteiger charge is -2.41. The Labute approximate surface area is 176 Å². The quantitative estimate of drug-likeness (QED) is 0.381. The molecule has 1 aliphatic carbocycles. The van der Waals surface area contributed by atoms with E-state index in [2.05, 4.69) is 6.58 Å². The van der Waals surface area contributed by atoms with Crippen LogP contribution in [0, 0.1) is 16.2 Å². The smallest absolute Gasteiger partial charge is 0.148 e. The number of rotatable bonds is 5. The van der Waals surface area contributed by atoms with Crippen molar-refractivity contribution in [3.05, 3.63) is 58.0 Å². The summed E-state index contributed by atoms with van der Waals surface area (Å²) in [5, 5.41) is 28.5.